The lowest BCUT2D eigenvalue weighted by Gasteiger charge is -2.01. The van der Waals surface area contributed by atoms with Gasteiger partial charge in [-0.2, -0.15) is 0 Å². The first-order valence-electron chi connectivity index (χ1n) is 5.05. The van der Waals surface area contributed by atoms with E-state index in [-0.39, 0.29) is 11.9 Å². The summed E-state index contributed by atoms with van der Waals surface area (Å²) in [4.78, 5) is 0. The van der Waals surface area contributed by atoms with Gasteiger partial charge in [-0.3, -0.25) is 0 Å². The summed E-state index contributed by atoms with van der Waals surface area (Å²) in [5, 5.41) is 0.561. The summed E-state index contributed by atoms with van der Waals surface area (Å²) in [6.07, 6.45) is 4.70. The molecule has 1 unspecified atom stereocenters. The lowest BCUT2D eigenvalue weighted by atomic mass is 10.1. The monoisotopic (exact) mass is 225 g/mol. The molecule has 1 nitrogen and oxygen atoms in total. The van der Waals surface area contributed by atoms with E-state index < -0.39 is 0 Å². The Morgan fingerprint density at radius 1 is 1.47 bits per heavy atom. The van der Waals surface area contributed by atoms with E-state index in [1.807, 2.05) is 6.08 Å². The molecule has 1 aliphatic rings. The smallest absolute Gasteiger partial charge is 0.130 e. The molecule has 0 aliphatic heterocycles. The van der Waals surface area contributed by atoms with Crippen molar-refractivity contribution in [3.8, 4) is 0 Å². The fourth-order valence-electron chi connectivity index (χ4n) is 1.89. The average molecular weight is 226 g/mol. The van der Waals surface area contributed by atoms with Gasteiger partial charge in [-0.15, -0.1) is 0 Å². The summed E-state index contributed by atoms with van der Waals surface area (Å²) in [5.41, 5.74) is 7.56. The Labute approximate surface area is 93.7 Å². The van der Waals surface area contributed by atoms with Gasteiger partial charge < -0.3 is 5.73 Å². The van der Waals surface area contributed by atoms with Gasteiger partial charge in [0.25, 0.3) is 0 Å². The van der Waals surface area contributed by atoms with E-state index in [2.05, 4.69) is 0 Å². The Morgan fingerprint density at radius 3 is 2.93 bits per heavy atom. The van der Waals surface area contributed by atoms with Crippen molar-refractivity contribution in [3.05, 3.63) is 40.2 Å². The van der Waals surface area contributed by atoms with Crippen LogP contribution in [0.25, 0.3) is 6.08 Å². The van der Waals surface area contributed by atoms with Gasteiger partial charge in [-0.05, 0) is 37.5 Å². The third kappa shape index (κ3) is 2.58. The van der Waals surface area contributed by atoms with E-state index >= 15 is 0 Å². The summed E-state index contributed by atoms with van der Waals surface area (Å²) >= 11 is 5.81. The molecule has 1 fully saturated rings. The van der Waals surface area contributed by atoms with E-state index in [9.17, 15) is 4.39 Å². The molecular weight excluding hydrogens is 213 g/mol. The molecule has 0 spiro atoms. The van der Waals surface area contributed by atoms with E-state index in [1.165, 1.54) is 11.6 Å². The second kappa shape index (κ2) is 4.33. The zero-order valence-corrected chi connectivity index (χ0v) is 9.10. The van der Waals surface area contributed by atoms with Crippen LogP contribution in [0, 0.1) is 5.82 Å². The highest BCUT2D eigenvalue weighted by molar-refractivity contribution is 6.30. The van der Waals surface area contributed by atoms with Crippen LogP contribution in [0.5, 0.6) is 0 Å². The van der Waals surface area contributed by atoms with E-state index in [4.69, 9.17) is 17.3 Å². The number of hydrogen-bond donors (Lipinski definition) is 1. The molecule has 2 rings (SSSR count). The van der Waals surface area contributed by atoms with Crippen LogP contribution in [0.15, 0.2) is 23.8 Å². The van der Waals surface area contributed by atoms with Crippen LogP contribution in [-0.2, 0) is 0 Å². The highest BCUT2D eigenvalue weighted by Crippen LogP contribution is 2.27. The number of halogens is 2. The maximum absolute atomic E-state index is 13.4. The van der Waals surface area contributed by atoms with Crippen LogP contribution in [-0.4, -0.2) is 6.04 Å². The largest absolute Gasteiger partial charge is 0.327 e. The summed E-state index contributed by atoms with van der Waals surface area (Å²) in [7, 11) is 0. The molecule has 1 atom stereocenters. The first-order valence-corrected chi connectivity index (χ1v) is 5.43. The van der Waals surface area contributed by atoms with Crippen molar-refractivity contribution in [1.82, 2.24) is 0 Å². The number of rotatable bonds is 1. The molecule has 2 N–H and O–H groups in total. The van der Waals surface area contributed by atoms with Gasteiger partial charge in [0.2, 0.25) is 0 Å². The second-order valence-corrected chi connectivity index (χ2v) is 4.41. The third-order valence-electron chi connectivity index (χ3n) is 2.68. The van der Waals surface area contributed by atoms with Crippen molar-refractivity contribution < 1.29 is 4.39 Å². The SMILES string of the molecule is NC1CC/C(=C/c2cc(Cl)ccc2F)C1. The van der Waals surface area contributed by atoms with Gasteiger partial charge in [0, 0.05) is 16.6 Å². The number of nitrogens with two attached hydrogens (primary N) is 1. The lowest BCUT2D eigenvalue weighted by molar-refractivity contribution is 0.625. The maximum atomic E-state index is 13.4. The fraction of sp³-hybridized carbons (Fsp3) is 0.333. The molecule has 0 heterocycles. The predicted octanol–water partition coefficient (Wildman–Crippen LogP) is 3.37. The molecule has 0 bridgehead atoms. The number of benzene rings is 1. The Balaban J connectivity index is 2.26. The Bertz CT molecular complexity index is 401. The molecule has 1 aromatic rings. The van der Waals surface area contributed by atoms with Crippen molar-refractivity contribution in [2.24, 2.45) is 5.73 Å². The third-order valence-corrected chi connectivity index (χ3v) is 2.91. The summed E-state index contributed by atoms with van der Waals surface area (Å²) in [5.74, 6) is -0.229. The van der Waals surface area contributed by atoms with Gasteiger partial charge >= 0.3 is 0 Å². The lowest BCUT2D eigenvalue weighted by Crippen LogP contribution is -2.13. The molecule has 15 heavy (non-hydrogen) atoms. The average Bonchev–Trinajstić information content (AvgIpc) is 2.58. The molecule has 1 aliphatic carbocycles. The van der Waals surface area contributed by atoms with Gasteiger partial charge in [0.1, 0.15) is 5.82 Å². The molecular formula is C12H13ClFN. The molecule has 1 saturated carbocycles. The molecule has 80 valence electrons. The number of hydrogen-bond acceptors (Lipinski definition) is 1. The first kappa shape index (κ1) is 10.7. The minimum atomic E-state index is -0.229. The highest BCUT2D eigenvalue weighted by atomic mass is 35.5. The topological polar surface area (TPSA) is 26.0 Å². The molecule has 0 amide bonds. The van der Waals surface area contributed by atoms with Crippen LogP contribution < -0.4 is 5.73 Å². The predicted molar refractivity (Wildman–Crippen MR) is 61.2 cm³/mol. The standard InChI is InChI=1S/C12H13ClFN/c13-10-2-4-12(14)9(7-10)5-8-1-3-11(15)6-8/h2,4-5,7,11H,1,3,6,15H2/b8-5-. The van der Waals surface area contributed by atoms with Gasteiger partial charge in [0.05, 0.1) is 0 Å². The second-order valence-electron chi connectivity index (χ2n) is 3.97. The van der Waals surface area contributed by atoms with E-state index in [0.29, 0.717) is 10.6 Å². The van der Waals surface area contributed by atoms with E-state index in [1.54, 1.807) is 12.1 Å². The van der Waals surface area contributed by atoms with Crippen LogP contribution in [0.4, 0.5) is 4.39 Å². The van der Waals surface area contributed by atoms with Crippen molar-refractivity contribution in [3.63, 3.8) is 0 Å². The van der Waals surface area contributed by atoms with Crippen LogP contribution in [0.1, 0.15) is 24.8 Å². The molecule has 0 aromatic heterocycles. The summed E-state index contributed by atoms with van der Waals surface area (Å²) in [6.45, 7) is 0. The van der Waals surface area contributed by atoms with Crippen LogP contribution in [0.3, 0.4) is 0 Å². The Hall–Kier alpha value is -0.860. The molecule has 3 heteroatoms. The molecule has 0 saturated heterocycles. The summed E-state index contributed by atoms with van der Waals surface area (Å²) < 4.78 is 13.4. The zero-order valence-electron chi connectivity index (χ0n) is 8.34. The fourth-order valence-corrected chi connectivity index (χ4v) is 2.07. The quantitative estimate of drug-likeness (QED) is 0.779. The van der Waals surface area contributed by atoms with Crippen molar-refractivity contribution in [2.75, 3.05) is 0 Å². The van der Waals surface area contributed by atoms with Crippen molar-refractivity contribution >= 4 is 17.7 Å². The normalized spacial score (nSPS) is 23.7. The maximum Gasteiger partial charge on any atom is 0.130 e. The first-order chi connectivity index (χ1) is 7.15. The van der Waals surface area contributed by atoms with Gasteiger partial charge in [-0.25, -0.2) is 4.39 Å². The van der Waals surface area contributed by atoms with Crippen LogP contribution >= 0.6 is 11.6 Å². The van der Waals surface area contributed by atoms with E-state index in [0.717, 1.165) is 19.3 Å². The van der Waals surface area contributed by atoms with Crippen molar-refractivity contribution in [1.29, 1.82) is 0 Å². The molecule has 0 radical (unpaired) electrons. The van der Waals surface area contributed by atoms with Gasteiger partial charge in [0.15, 0.2) is 0 Å². The highest BCUT2D eigenvalue weighted by Gasteiger charge is 2.15. The minimum absolute atomic E-state index is 0.229. The Kier molecular flexibility index (Phi) is 3.08. The van der Waals surface area contributed by atoms with Crippen LogP contribution in [0.2, 0.25) is 5.02 Å². The van der Waals surface area contributed by atoms with Gasteiger partial charge in [-0.1, -0.05) is 23.3 Å². The minimum Gasteiger partial charge on any atom is -0.327 e. The van der Waals surface area contributed by atoms with Crippen molar-refractivity contribution in [2.45, 2.75) is 25.3 Å². The summed E-state index contributed by atoms with van der Waals surface area (Å²) in [6, 6.07) is 4.83. The Morgan fingerprint density at radius 2 is 2.27 bits per heavy atom. The zero-order chi connectivity index (χ0) is 10.8. The molecule has 1 aromatic carbocycles.